The summed E-state index contributed by atoms with van der Waals surface area (Å²) < 4.78 is 11.0. The minimum Gasteiger partial charge on any atom is -0.476 e. The molecule has 0 radical (unpaired) electrons. The van der Waals surface area contributed by atoms with Gasteiger partial charge in [-0.2, -0.15) is 0 Å². The van der Waals surface area contributed by atoms with Crippen molar-refractivity contribution in [3.63, 3.8) is 0 Å². The number of carbonyl (C=O) groups excluding carboxylic acids is 1. The summed E-state index contributed by atoms with van der Waals surface area (Å²) in [6, 6.07) is 0. The summed E-state index contributed by atoms with van der Waals surface area (Å²) in [6.45, 7) is 6.34. The van der Waals surface area contributed by atoms with Gasteiger partial charge in [-0.25, -0.2) is 4.98 Å². The Bertz CT molecular complexity index is 456. The van der Waals surface area contributed by atoms with Crippen molar-refractivity contribution >= 4 is 5.97 Å². The molecule has 5 nitrogen and oxygen atoms in total. The Kier molecular flexibility index (Phi) is 5.15. The zero-order valence-corrected chi connectivity index (χ0v) is 13.0. The SMILES string of the molecule is CC(C)(C)OC(=O)CC1CCC(COc2cnccn2)C1. The highest BCUT2D eigenvalue weighted by molar-refractivity contribution is 5.70. The first-order valence-electron chi connectivity index (χ1n) is 7.53. The van der Waals surface area contributed by atoms with Crippen molar-refractivity contribution in [2.24, 2.45) is 11.8 Å². The molecule has 1 fully saturated rings. The lowest BCUT2D eigenvalue weighted by molar-refractivity contribution is -0.155. The number of nitrogens with zero attached hydrogens (tertiary/aromatic N) is 2. The standard InChI is InChI=1S/C16H24N2O3/c1-16(2,3)21-15(19)9-12-4-5-13(8-12)11-20-14-10-17-6-7-18-14/h6-7,10,12-13H,4-5,8-9,11H2,1-3H3. The van der Waals surface area contributed by atoms with Crippen LogP contribution in [0.3, 0.4) is 0 Å². The number of rotatable bonds is 5. The van der Waals surface area contributed by atoms with Crippen LogP contribution in [-0.4, -0.2) is 28.1 Å². The van der Waals surface area contributed by atoms with E-state index in [1.54, 1.807) is 18.6 Å². The molecule has 1 aromatic heterocycles. The van der Waals surface area contributed by atoms with Gasteiger partial charge in [-0.1, -0.05) is 0 Å². The lowest BCUT2D eigenvalue weighted by Gasteiger charge is -2.20. The Hall–Kier alpha value is -1.65. The maximum Gasteiger partial charge on any atom is 0.306 e. The molecule has 2 atom stereocenters. The summed E-state index contributed by atoms with van der Waals surface area (Å²) in [5.41, 5.74) is -0.399. The van der Waals surface area contributed by atoms with Gasteiger partial charge >= 0.3 is 5.97 Å². The second-order valence-corrected chi connectivity index (χ2v) is 6.69. The molecule has 116 valence electrons. The maximum absolute atomic E-state index is 11.8. The van der Waals surface area contributed by atoms with Gasteiger partial charge in [0.2, 0.25) is 5.88 Å². The summed E-state index contributed by atoms with van der Waals surface area (Å²) in [5.74, 6) is 1.37. The molecule has 2 rings (SSSR count). The molecule has 1 saturated carbocycles. The van der Waals surface area contributed by atoms with E-state index >= 15 is 0 Å². The third-order valence-corrected chi connectivity index (χ3v) is 3.53. The van der Waals surface area contributed by atoms with E-state index in [1.165, 1.54) is 0 Å². The molecule has 1 aromatic rings. The summed E-state index contributed by atoms with van der Waals surface area (Å²) in [7, 11) is 0. The third kappa shape index (κ3) is 5.69. The molecule has 5 heteroatoms. The third-order valence-electron chi connectivity index (χ3n) is 3.53. The number of aromatic nitrogens is 2. The molecule has 0 saturated heterocycles. The Morgan fingerprint density at radius 1 is 1.29 bits per heavy atom. The Balaban J connectivity index is 1.70. The summed E-state index contributed by atoms with van der Waals surface area (Å²) in [4.78, 5) is 19.9. The summed E-state index contributed by atoms with van der Waals surface area (Å²) in [6.07, 6.45) is 8.54. The summed E-state index contributed by atoms with van der Waals surface area (Å²) in [5, 5.41) is 0. The van der Waals surface area contributed by atoms with Gasteiger partial charge in [0.15, 0.2) is 0 Å². The van der Waals surface area contributed by atoms with Crippen LogP contribution in [-0.2, 0) is 9.53 Å². The van der Waals surface area contributed by atoms with Gasteiger partial charge in [-0.05, 0) is 51.9 Å². The van der Waals surface area contributed by atoms with E-state index in [4.69, 9.17) is 9.47 Å². The maximum atomic E-state index is 11.8. The summed E-state index contributed by atoms with van der Waals surface area (Å²) >= 11 is 0. The Morgan fingerprint density at radius 2 is 2.05 bits per heavy atom. The molecular weight excluding hydrogens is 268 g/mol. The Labute approximate surface area is 126 Å². The fourth-order valence-corrected chi connectivity index (χ4v) is 2.70. The van der Waals surface area contributed by atoms with Crippen LogP contribution in [0, 0.1) is 11.8 Å². The van der Waals surface area contributed by atoms with Crippen molar-refractivity contribution in [1.29, 1.82) is 0 Å². The van der Waals surface area contributed by atoms with Crippen molar-refractivity contribution in [1.82, 2.24) is 9.97 Å². The molecule has 0 aliphatic heterocycles. The molecule has 0 spiro atoms. The van der Waals surface area contributed by atoms with Crippen LogP contribution in [0.25, 0.3) is 0 Å². The molecule has 1 aliphatic carbocycles. The lowest BCUT2D eigenvalue weighted by Crippen LogP contribution is -2.25. The molecule has 0 bridgehead atoms. The number of carbonyl (C=O) groups is 1. The quantitative estimate of drug-likeness (QED) is 0.781. The lowest BCUT2D eigenvalue weighted by atomic mass is 10.0. The highest BCUT2D eigenvalue weighted by Crippen LogP contribution is 2.33. The Morgan fingerprint density at radius 3 is 2.71 bits per heavy atom. The minimum atomic E-state index is -0.399. The number of esters is 1. The second-order valence-electron chi connectivity index (χ2n) is 6.69. The van der Waals surface area contributed by atoms with E-state index in [9.17, 15) is 4.79 Å². The highest BCUT2D eigenvalue weighted by atomic mass is 16.6. The van der Waals surface area contributed by atoms with E-state index in [2.05, 4.69) is 9.97 Å². The highest BCUT2D eigenvalue weighted by Gasteiger charge is 2.28. The van der Waals surface area contributed by atoms with Gasteiger partial charge in [0.1, 0.15) is 5.60 Å². The molecule has 1 heterocycles. The fraction of sp³-hybridized carbons (Fsp3) is 0.688. The van der Waals surface area contributed by atoms with E-state index in [0.717, 1.165) is 19.3 Å². The molecule has 0 amide bonds. The molecular formula is C16H24N2O3. The second kappa shape index (κ2) is 6.87. The number of hydrogen-bond donors (Lipinski definition) is 0. The molecule has 21 heavy (non-hydrogen) atoms. The molecule has 2 unspecified atom stereocenters. The van der Waals surface area contributed by atoms with Crippen LogP contribution in [0.5, 0.6) is 5.88 Å². The van der Waals surface area contributed by atoms with Crippen LogP contribution in [0.2, 0.25) is 0 Å². The van der Waals surface area contributed by atoms with Gasteiger partial charge in [-0.3, -0.25) is 9.78 Å². The van der Waals surface area contributed by atoms with Crippen molar-refractivity contribution in [2.45, 2.75) is 52.1 Å². The van der Waals surface area contributed by atoms with Gasteiger partial charge in [0.05, 0.1) is 12.8 Å². The predicted molar refractivity (Wildman–Crippen MR) is 78.8 cm³/mol. The van der Waals surface area contributed by atoms with E-state index in [1.807, 2.05) is 20.8 Å². The van der Waals surface area contributed by atoms with Gasteiger partial charge < -0.3 is 9.47 Å². The van der Waals surface area contributed by atoms with Gasteiger partial charge in [0.25, 0.3) is 0 Å². The van der Waals surface area contributed by atoms with Crippen LogP contribution in [0.1, 0.15) is 46.5 Å². The van der Waals surface area contributed by atoms with E-state index < -0.39 is 5.60 Å². The van der Waals surface area contributed by atoms with Crippen molar-refractivity contribution < 1.29 is 14.3 Å². The van der Waals surface area contributed by atoms with E-state index in [0.29, 0.717) is 30.7 Å². The number of hydrogen-bond acceptors (Lipinski definition) is 5. The average Bonchev–Trinajstić information content (AvgIpc) is 2.83. The average molecular weight is 292 g/mol. The predicted octanol–water partition coefficient (Wildman–Crippen LogP) is 3.00. The first-order valence-corrected chi connectivity index (χ1v) is 7.53. The van der Waals surface area contributed by atoms with Gasteiger partial charge in [-0.15, -0.1) is 0 Å². The zero-order chi connectivity index (χ0) is 15.3. The zero-order valence-electron chi connectivity index (χ0n) is 13.0. The first-order chi connectivity index (χ1) is 9.92. The van der Waals surface area contributed by atoms with Gasteiger partial charge in [0, 0.05) is 18.8 Å². The van der Waals surface area contributed by atoms with E-state index in [-0.39, 0.29) is 5.97 Å². The monoisotopic (exact) mass is 292 g/mol. The minimum absolute atomic E-state index is 0.0944. The number of ether oxygens (including phenoxy) is 2. The van der Waals surface area contributed by atoms with Crippen LogP contribution >= 0.6 is 0 Å². The fourth-order valence-electron chi connectivity index (χ4n) is 2.70. The normalized spacial score (nSPS) is 22.0. The van der Waals surface area contributed by atoms with Crippen molar-refractivity contribution in [3.05, 3.63) is 18.6 Å². The van der Waals surface area contributed by atoms with Crippen LogP contribution in [0.4, 0.5) is 0 Å². The largest absolute Gasteiger partial charge is 0.476 e. The smallest absolute Gasteiger partial charge is 0.306 e. The topological polar surface area (TPSA) is 61.3 Å². The van der Waals surface area contributed by atoms with Crippen molar-refractivity contribution in [2.75, 3.05) is 6.61 Å². The van der Waals surface area contributed by atoms with Crippen LogP contribution in [0.15, 0.2) is 18.6 Å². The first kappa shape index (κ1) is 15.7. The molecule has 1 aliphatic rings. The molecule has 0 N–H and O–H groups in total. The van der Waals surface area contributed by atoms with Crippen LogP contribution < -0.4 is 4.74 Å². The molecule has 0 aromatic carbocycles. The van der Waals surface area contributed by atoms with Crippen molar-refractivity contribution in [3.8, 4) is 5.88 Å².